The summed E-state index contributed by atoms with van der Waals surface area (Å²) in [5.41, 5.74) is 1.28. The van der Waals surface area contributed by atoms with E-state index in [-0.39, 0.29) is 5.97 Å². The van der Waals surface area contributed by atoms with E-state index in [9.17, 15) is 4.79 Å². The van der Waals surface area contributed by atoms with Crippen molar-refractivity contribution in [2.75, 3.05) is 12.4 Å². The number of terminal acetylenes is 1. The number of thiophene rings is 1. The molecule has 136 valence electrons. The number of carbonyl (C=O) groups excluding carboxylic acids is 1. The maximum atomic E-state index is 12.4. The smallest absolute Gasteiger partial charge is 0.341 e. The van der Waals surface area contributed by atoms with E-state index in [0.717, 1.165) is 49.1 Å². The van der Waals surface area contributed by atoms with Gasteiger partial charge in [0.05, 0.1) is 18.2 Å². The van der Waals surface area contributed by atoms with Crippen molar-refractivity contribution in [3.8, 4) is 12.3 Å². The van der Waals surface area contributed by atoms with Gasteiger partial charge in [-0.15, -0.1) is 17.8 Å². The standard InChI is InChI=1S/C19H26N2O2S2/c1-5-19(6-2,7-3)21-18(24)20-16-15(17(22)23-4)13-11-9-8-10-12-14(13)25-16/h1H,6-12H2,2-4H3,(H2,20,21,24). The monoisotopic (exact) mass is 378 g/mol. The first-order valence-corrected chi connectivity index (χ1v) is 10.0. The molecule has 0 saturated heterocycles. The molecule has 1 heterocycles. The molecule has 2 rings (SSSR count). The highest BCUT2D eigenvalue weighted by Gasteiger charge is 2.28. The van der Waals surface area contributed by atoms with E-state index < -0.39 is 5.54 Å². The number of nitrogens with one attached hydrogen (secondary N) is 2. The second kappa shape index (κ2) is 8.68. The number of aryl methyl sites for hydroxylation is 1. The summed E-state index contributed by atoms with van der Waals surface area (Å²) < 4.78 is 5.02. The maximum Gasteiger partial charge on any atom is 0.341 e. The van der Waals surface area contributed by atoms with Crippen LogP contribution in [-0.4, -0.2) is 23.7 Å². The van der Waals surface area contributed by atoms with E-state index in [1.165, 1.54) is 18.4 Å². The zero-order valence-electron chi connectivity index (χ0n) is 15.2. The predicted octanol–water partition coefficient (Wildman–Crippen LogP) is 4.28. The Morgan fingerprint density at radius 2 is 2.00 bits per heavy atom. The molecule has 0 aliphatic heterocycles. The number of rotatable bonds is 5. The van der Waals surface area contributed by atoms with Gasteiger partial charge in [-0.2, -0.15) is 0 Å². The average Bonchev–Trinajstić information content (AvgIpc) is 2.79. The van der Waals surface area contributed by atoms with Crippen LogP contribution in [0.25, 0.3) is 0 Å². The van der Waals surface area contributed by atoms with Crippen LogP contribution in [-0.2, 0) is 17.6 Å². The minimum Gasteiger partial charge on any atom is -0.465 e. The minimum atomic E-state index is -0.468. The molecular formula is C19H26N2O2S2. The van der Waals surface area contributed by atoms with Crippen molar-refractivity contribution < 1.29 is 9.53 Å². The third kappa shape index (κ3) is 4.34. The van der Waals surface area contributed by atoms with E-state index in [1.54, 1.807) is 11.3 Å². The van der Waals surface area contributed by atoms with Crippen LogP contribution in [0.2, 0.25) is 0 Å². The Morgan fingerprint density at radius 1 is 1.32 bits per heavy atom. The van der Waals surface area contributed by atoms with Gasteiger partial charge in [-0.05, 0) is 56.3 Å². The Balaban J connectivity index is 2.28. The van der Waals surface area contributed by atoms with Gasteiger partial charge >= 0.3 is 5.97 Å². The first kappa shape index (κ1) is 19.7. The molecule has 6 heteroatoms. The molecule has 0 bridgehead atoms. The van der Waals surface area contributed by atoms with Crippen molar-refractivity contribution in [1.82, 2.24) is 5.32 Å². The van der Waals surface area contributed by atoms with Crippen molar-refractivity contribution in [3.63, 3.8) is 0 Å². The van der Waals surface area contributed by atoms with Crippen LogP contribution in [0.3, 0.4) is 0 Å². The summed E-state index contributed by atoms with van der Waals surface area (Å²) in [6, 6.07) is 0. The van der Waals surface area contributed by atoms with Crippen LogP contribution in [0.1, 0.15) is 66.8 Å². The number of esters is 1. The fraction of sp³-hybridized carbons (Fsp3) is 0.579. The van der Waals surface area contributed by atoms with Gasteiger partial charge < -0.3 is 15.4 Å². The van der Waals surface area contributed by atoms with Gasteiger partial charge in [0.15, 0.2) is 5.11 Å². The van der Waals surface area contributed by atoms with Gasteiger partial charge in [0, 0.05) is 4.88 Å². The van der Waals surface area contributed by atoms with Crippen molar-refractivity contribution in [2.45, 2.75) is 64.3 Å². The van der Waals surface area contributed by atoms with Crippen LogP contribution in [0.5, 0.6) is 0 Å². The SMILES string of the molecule is C#CC(CC)(CC)NC(=S)Nc1sc2c(c1C(=O)OC)CCCCC2. The Kier molecular flexibility index (Phi) is 6.86. The largest absolute Gasteiger partial charge is 0.465 e. The molecule has 0 saturated carbocycles. The Morgan fingerprint density at radius 3 is 2.60 bits per heavy atom. The summed E-state index contributed by atoms with van der Waals surface area (Å²) in [6.45, 7) is 4.07. The van der Waals surface area contributed by atoms with Gasteiger partial charge in [-0.3, -0.25) is 0 Å². The van der Waals surface area contributed by atoms with Crippen molar-refractivity contribution in [3.05, 3.63) is 16.0 Å². The van der Waals surface area contributed by atoms with E-state index >= 15 is 0 Å². The summed E-state index contributed by atoms with van der Waals surface area (Å²) in [7, 11) is 1.42. The lowest BCUT2D eigenvalue weighted by atomic mass is 9.94. The van der Waals surface area contributed by atoms with E-state index in [2.05, 4.69) is 16.6 Å². The van der Waals surface area contributed by atoms with Crippen molar-refractivity contribution >= 4 is 39.6 Å². The summed E-state index contributed by atoms with van der Waals surface area (Å²) in [6.07, 6.45) is 12.6. The number of carbonyl (C=O) groups is 1. The summed E-state index contributed by atoms with van der Waals surface area (Å²) >= 11 is 7.07. The third-order valence-electron chi connectivity index (χ3n) is 4.87. The molecule has 1 aliphatic rings. The van der Waals surface area contributed by atoms with Gasteiger partial charge in [0.1, 0.15) is 5.00 Å². The van der Waals surface area contributed by atoms with Gasteiger partial charge in [0.25, 0.3) is 0 Å². The van der Waals surface area contributed by atoms with Gasteiger partial charge in [-0.1, -0.05) is 26.2 Å². The Labute approximate surface area is 159 Å². The molecule has 0 amide bonds. The predicted molar refractivity (Wildman–Crippen MR) is 108 cm³/mol. The molecule has 0 spiro atoms. The zero-order chi connectivity index (χ0) is 18.4. The number of hydrogen-bond donors (Lipinski definition) is 2. The quantitative estimate of drug-likeness (QED) is 0.347. The van der Waals surface area contributed by atoms with Crippen LogP contribution >= 0.6 is 23.6 Å². The first-order valence-electron chi connectivity index (χ1n) is 8.80. The zero-order valence-corrected chi connectivity index (χ0v) is 16.8. The molecule has 0 unspecified atom stereocenters. The highest BCUT2D eigenvalue weighted by atomic mass is 32.1. The molecule has 0 fully saturated rings. The number of hydrogen-bond acceptors (Lipinski definition) is 4. The Hall–Kier alpha value is -1.58. The molecule has 25 heavy (non-hydrogen) atoms. The van der Waals surface area contributed by atoms with E-state index in [1.807, 2.05) is 13.8 Å². The third-order valence-corrected chi connectivity index (χ3v) is 6.29. The van der Waals surface area contributed by atoms with Crippen molar-refractivity contribution in [1.29, 1.82) is 0 Å². The molecule has 4 nitrogen and oxygen atoms in total. The summed E-state index contributed by atoms with van der Waals surface area (Å²) in [5.74, 6) is 2.50. The van der Waals surface area contributed by atoms with E-state index in [0.29, 0.717) is 10.7 Å². The molecule has 0 radical (unpaired) electrons. The first-order chi connectivity index (χ1) is 12.0. The molecule has 0 aromatic carbocycles. The van der Waals surface area contributed by atoms with Gasteiger partial charge in [0.2, 0.25) is 0 Å². The highest BCUT2D eigenvalue weighted by Crippen LogP contribution is 2.38. The fourth-order valence-electron chi connectivity index (χ4n) is 3.17. The number of methoxy groups -OCH3 is 1. The second-order valence-corrected chi connectivity index (χ2v) is 7.79. The van der Waals surface area contributed by atoms with Crippen LogP contribution in [0.4, 0.5) is 5.00 Å². The molecular weight excluding hydrogens is 352 g/mol. The molecule has 2 N–H and O–H groups in total. The molecule has 0 atom stereocenters. The molecule has 1 aromatic heterocycles. The number of ether oxygens (including phenoxy) is 1. The second-order valence-electron chi connectivity index (χ2n) is 6.27. The Bertz CT molecular complexity index is 684. The summed E-state index contributed by atoms with van der Waals surface area (Å²) in [5, 5.41) is 7.65. The lowest BCUT2D eigenvalue weighted by Gasteiger charge is -2.28. The molecule has 1 aliphatic carbocycles. The topological polar surface area (TPSA) is 50.4 Å². The number of thiocarbonyl (C=S) groups is 1. The lowest BCUT2D eigenvalue weighted by Crippen LogP contribution is -2.48. The van der Waals surface area contributed by atoms with E-state index in [4.69, 9.17) is 23.4 Å². The van der Waals surface area contributed by atoms with Crippen LogP contribution < -0.4 is 10.6 Å². The van der Waals surface area contributed by atoms with Crippen molar-refractivity contribution in [2.24, 2.45) is 0 Å². The average molecular weight is 379 g/mol. The lowest BCUT2D eigenvalue weighted by molar-refractivity contribution is 0.0601. The number of fused-ring (bicyclic) bond motifs is 1. The summed E-state index contributed by atoms with van der Waals surface area (Å²) in [4.78, 5) is 13.6. The molecule has 1 aromatic rings. The van der Waals surface area contributed by atoms with Gasteiger partial charge in [-0.25, -0.2) is 4.79 Å². The fourth-order valence-corrected chi connectivity index (χ4v) is 4.81. The number of anilines is 1. The van der Waals surface area contributed by atoms with Crippen LogP contribution in [0, 0.1) is 12.3 Å². The van der Waals surface area contributed by atoms with Crippen LogP contribution in [0.15, 0.2) is 0 Å². The highest BCUT2D eigenvalue weighted by molar-refractivity contribution is 7.80. The minimum absolute atomic E-state index is 0.307. The maximum absolute atomic E-state index is 12.4. The normalized spacial score (nSPS) is 14.0.